The number of hydrogen-bond acceptors (Lipinski definition) is 4. The quantitative estimate of drug-likeness (QED) is 0.907. The summed E-state index contributed by atoms with van der Waals surface area (Å²) < 4.78 is 40.6. The van der Waals surface area contributed by atoms with Crippen molar-refractivity contribution < 1.29 is 18.0 Å². The Morgan fingerprint density at radius 3 is 2.72 bits per heavy atom. The van der Waals surface area contributed by atoms with Gasteiger partial charge in [-0.25, -0.2) is 13.2 Å². The van der Waals surface area contributed by atoms with Gasteiger partial charge in [0.25, 0.3) is 6.43 Å². The molecule has 3 rings (SSSR count). The SMILES string of the molecule is N#Cc1cc(F)cc(N2C[C@H](N)C(=O)Cc3c(C(F)F)cccc32)c1. The fraction of sp³-hybridized carbons (Fsp3) is 0.222. The molecule has 0 fully saturated rings. The summed E-state index contributed by atoms with van der Waals surface area (Å²) in [6, 6.07) is 8.94. The number of rotatable bonds is 2. The molecule has 0 spiro atoms. The van der Waals surface area contributed by atoms with Crippen LogP contribution in [0.15, 0.2) is 36.4 Å². The van der Waals surface area contributed by atoms with Gasteiger partial charge in [-0.2, -0.15) is 5.26 Å². The molecule has 2 aromatic carbocycles. The second-order valence-corrected chi connectivity index (χ2v) is 5.82. The molecule has 2 aromatic rings. The van der Waals surface area contributed by atoms with E-state index >= 15 is 0 Å². The maximum absolute atomic E-state index is 13.8. The second kappa shape index (κ2) is 6.57. The standard InChI is InChI=1S/C18H14F3N3O/c19-11-4-10(8-22)5-12(6-11)24-9-15(23)17(25)7-14-13(18(20)21)2-1-3-16(14)24/h1-6,15,18H,7,9,23H2/t15-/m0/s1. The van der Waals surface area contributed by atoms with Crippen molar-refractivity contribution in [2.24, 2.45) is 5.73 Å². The molecular formula is C18H14F3N3O. The molecule has 1 aliphatic heterocycles. The fourth-order valence-corrected chi connectivity index (χ4v) is 2.98. The van der Waals surface area contributed by atoms with Crippen LogP contribution < -0.4 is 10.6 Å². The third-order valence-electron chi connectivity index (χ3n) is 4.18. The van der Waals surface area contributed by atoms with Crippen LogP contribution in [0.25, 0.3) is 0 Å². The molecule has 4 nitrogen and oxygen atoms in total. The minimum Gasteiger partial charge on any atom is -0.339 e. The number of anilines is 2. The van der Waals surface area contributed by atoms with Crippen molar-refractivity contribution in [3.63, 3.8) is 0 Å². The number of carbonyl (C=O) groups is 1. The highest BCUT2D eigenvalue weighted by Gasteiger charge is 2.30. The molecule has 0 unspecified atom stereocenters. The number of nitrogens with zero attached hydrogens (tertiary/aromatic N) is 2. The van der Waals surface area contributed by atoms with Crippen LogP contribution in [0.2, 0.25) is 0 Å². The maximum atomic E-state index is 13.8. The number of nitriles is 1. The van der Waals surface area contributed by atoms with Crippen molar-refractivity contribution in [1.29, 1.82) is 5.26 Å². The predicted octanol–water partition coefficient (Wildman–Crippen LogP) is 3.23. The Hall–Kier alpha value is -2.85. The molecule has 25 heavy (non-hydrogen) atoms. The van der Waals surface area contributed by atoms with Crippen LogP contribution in [0.5, 0.6) is 0 Å². The van der Waals surface area contributed by atoms with Gasteiger partial charge in [0.2, 0.25) is 0 Å². The van der Waals surface area contributed by atoms with E-state index in [0.29, 0.717) is 5.69 Å². The lowest BCUT2D eigenvalue weighted by atomic mass is 9.99. The number of carbonyl (C=O) groups excluding carboxylic acids is 1. The Morgan fingerprint density at radius 2 is 2.04 bits per heavy atom. The van der Waals surface area contributed by atoms with E-state index in [2.05, 4.69) is 0 Å². The third kappa shape index (κ3) is 3.21. The van der Waals surface area contributed by atoms with Gasteiger partial charge in [-0.15, -0.1) is 0 Å². The lowest BCUT2D eigenvalue weighted by Gasteiger charge is -2.27. The van der Waals surface area contributed by atoms with Crippen molar-refractivity contribution in [1.82, 2.24) is 0 Å². The van der Waals surface area contributed by atoms with Crippen LogP contribution in [-0.4, -0.2) is 18.4 Å². The summed E-state index contributed by atoms with van der Waals surface area (Å²) in [6.07, 6.45) is -2.96. The molecule has 0 aromatic heterocycles. The van der Waals surface area contributed by atoms with Crippen molar-refractivity contribution in [2.45, 2.75) is 18.9 Å². The molecule has 0 saturated heterocycles. The van der Waals surface area contributed by atoms with Crippen molar-refractivity contribution in [2.75, 3.05) is 11.4 Å². The molecule has 1 heterocycles. The lowest BCUT2D eigenvalue weighted by molar-refractivity contribution is -0.119. The summed E-state index contributed by atoms with van der Waals surface area (Å²) in [6.45, 7) is 0.00679. The number of fused-ring (bicyclic) bond motifs is 1. The molecule has 2 N–H and O–H groups in total. The first-order chi connectivity index (χ1) is 11.9. The Morgan fingerprint density at radius 1 is 1.28 bits per heavy atom. The van der Waals surface area contributed by atoms with Gasteiger partial charge in [-0.3, -0.25) is 4.79 Å². The Bertz CT molecular complexity index is 876. The predicted molar refractivity (Wildman–Crippen MR) is 86.2 cm³/mol. The topological polar surface area (TPSA) is 70.1 Å². The van der Waals surface area contributed by atoms with Crippen LogP contribution in [-0.2, 0) is 11.2 Å². The van der Waals surface area contributed by atoms with E-state index in [9.17, 15) is 18.0 Å². The maximum Gasteiger partial charge on any atom is 0.264 e. The minimum atomic E-state index is -2.75. The van der Waals surface area contributed by atoms with E-state index in [4.69, 9.17) is 11.0 Å². The van der Waals surface area contributed by atoms with Crippen LogP contribution in [0, 0.1) is 17.1 Å². The average molecular weight is 345 g/mol. The third-order valence-corrected chi connectivity index (χ3v) is 4.18. The molecule has 0 bridgehead atoms. The summed E-state index contributed by atoms with van der Waals surface area (Å²) in [5.41, 5.74) is 6.56. The van der Waals surface area contributed by atoms with Crippen LogP contribution in [0.3, 0.4) is 0 Å². The first-order valence-electron chi connectivity index (χ1n) is 7.57. The van der Waals surface area contributed by atoms with Crippen LogP contribution in [0.4, 0.5) is 24.5 Å². The van der Waals surface area contributed by atoms with Crippen molar-refractivity contribution in [3.8, 4) is 6.07 Å². The zero-order valence-electron chi connectivity index (χ0n) is 13.0. The molecule has 1 aliphatic rings. The number of alkyl halides is 2. The van der Waals surface area contributed by atoms with Gasteiger partial charge in [0, 0.05) is 29.9 Å². The lowest BCUT2D eigenvalue weighted by Crippen LogP contribution is -2.39. The van der Waals surface area contributed by atoms with Gasteiger partial charge in [0.15, 0.2) is 5.78 Å². The van der Waals surface area contributed by atoms with Gasteiger partial charge >= 0.3 is 0 Å². The highest BCUT2D eigenvalue weighted by atomic mass is 19.3. The fourth-order valence-electron chi connectivity index (χ4n) is 2.98. The molecule has 0 saturated carbocycles. The summed E-state index contributed by atoms with van der Waals surface area (Å²) in [4.78, 5) is 13.7. The summed E-state index contributed by atoms with van der Waals surface area (Å²) in [7, 11) is 0. The molecule has 0 amide bonds. The minimum absolute atomic E-state index is 0.00679. The Labute approximate surface area is 142 Å². The number of hydrogen-bond donors (Lipinski definition) is 1. The van der Waals surface area contributed by atoms with E-state index in [1.54, 1.807) is 6.07 Å². The van der Waals surface area contributed by atoms with Crippen molar-refractivity contribution in [3.05, 3.63) is 58.9 Å². The highest BCUT2D eigenvalue weighted by Crippen LogP contribution is 2.37. The largest absolute Gasteiger partial charge is 0.339 e. The molecule has 1 atom stereocenters. The normalized spacial score (nSPS) is 17.2. The Balaban J connectivity index is 2.21. The van der Waals surface area contributed by atoms with Crippen molar-refractivity contribution >= 4 is 17.2 Å². The van der Waals surface area contributed by atoms with Gasteiger partial charge in [0.05, 0.1) is 17.7 Å². The number of halogens is 3. The molecular weight excluding hydrogens is 331 g/mol. The Kier molecular flexibility index (Phi) is 4.47. The molecule has 0 radical (unpaired) electrons. The van der Waals surface area contributed by atoms with Gasteiger partial charge in [-0.05, 0) is 29.8 Å². The average Bonchev–Trinajstić information content (AvgIpc) is 2.70. The van der Waals surface area contributed by atoms with Gasteiger partial charge in [-0.1, -0.05) is 12.1 Å². The van der Waals surface area contributed by atoms with E-state index in [0.717, 1.165) is 6.07 Å². The van der Waals surface area contributed by atoms with Gasteiger partial charge in [0.1, 0.15) is 5.82 Å². The number of ketones is 1. The van der Waals surface area contributed by atoms with E-state index < -0.39 is 18.3 Å². The first-order valence-corrected chi connectivity index (χ1v) is 7.57. The molecule has 128 valence electrons. The van der Waals surface area contributed by atoms with Crippen LogP contribution in [0.1, 0.15) is 23.1 Å². The second-order valence-electron chi connectivity index (χ2n) is 5.82. The van der Waals surface area contributed by atoms with Gasteiger partial charge < -0.3 is 10.6 Å². The number of benzene rings is 2. The summed E-state index contributed by atoms with van der Waals surface area (Å²) in [5.74, 6) is -1.00. The summed E-state index contributed by atoms with van der Waals surface area (Å²) in [5, 5.41) is 9.03. The zero-order chi connectivity index (χ0) is 18.1. The first kappa shape index (κ1) is 17.0. The zero-order valence-corrected chi connectivity index (χ0v) is 13.0. The van der Waals surface area contributed by atoms with Crippen LogP contribution >= 0.6 is 0 Å². The molecule has 7 heteroatoms. The van der Waals surface area contributed by atoms with E-state index in [-0.39, 0.29) is 41.1 Å². The van der Waals surface area contributed by atoms with E-state index in [1.165, 1.54) is 29.2 Å². The number of nitrogens with two attached hydrogens (primary N) is 1. The highest BCUT2D eigenvalue weighted by molar-refractivity contribution is 5.91. The van der Waals surface area contributed by atoms with E-state index in [1.807, 2.05) is 6.07 Å². The monoisotopic (exact) mass is 345 g/mol. The molecule has 0 aliphatic carbocycles. The number of Topliss-reactive ketones (excluding diaryl/α,β-unsaturated/α-hetero) is 1. The summed E-state index contributed by atoms with van der Waals surface area (Å²) >= 11 is 0. The smallest absolute Gasteiger partial charge is 0.264 e.